The van der Waals surface area contributed by atoms with Crippen LogP contribution in [-0.2, 0) is 0 Å². The molecule has 0 saturated heterocycles. The van der Waals surface area contributed by atoms with E-state index in [1.807, 2.05) is 0 Å². The van der Waals surface area contributed by atoms with E-state index in [1.54, 1.807) is 48.5 Å². The minimum atomic E-state index is -0.213. The molecule has 0 spiro atoms. The second-order valence-corrected chi connectivity index (χ2v) is 3.73. The number of carbonyl (C=O) groups excluding carboxylic acids is 2. The van der Waals surface area contributed by atoms with Crippen molar-refractivity contribution in [3.05, 3.63) is 65.2 Å². The van der Waals surface area contributed by atoms with E-state index >= 15 is 0 Å². The van der Waals surface area contributed by atoms with Crippen LogP contribution in [0.5, 0.6) is 5.75 Å². The molecule has 18 heavy (non-hydrogen) atoms. The van der Waals surface area contributed by atoms with Gasteiger partial charge in [0.05, 0.1) is 12.7 Å². The van der Waals surface area contributed by atoms with Gasteiger partial charge in [-0.2, -0.15) is 0 Å². The average molecular weight is 240 g/mol. The molecule has 0 heterocycles. The first kappa shape index (κ1) is 12.0. The zero-order valence-electron chi connectivity index (χ0n) is 9.92. The highest BCUT2D eigenvalue weighted by Crippen LogP contribution is 2.22. The molecular formula is C15H12O3. The predicted molar refractivity (Wildman–Crippen MR) is 68.3 cm³/mol. The van der Waals surface area contributed by atoms with Gasteiger partial charge in [-0.25, -0.2) is 0 Å². The van der Waals surface area contributed by atoms with E-state index in [4.69, 9.17) is 4.74 Å². The number of hydrogen-bond donors (Lipinski definition) is 0. The fourth-order valence-corrected chi connectivity index (χ4v) is 1.78. The molecule has 0 aliphatic heterocycles. The van der Waals surface area contributed by atoms with Crippen molar-refractivity contribution in [3.8, 4) is 5.75 Å². The quantitative estimate of drug-likeness (QED) is 0.609. The first-order valence-electron chi connectivity index (χ1n) is 5.50. The number of benzene rings is 2. The highest BCUT2D eigenvalue weighted by Gasteiger charge is 2.16. The minimum absolute atomic E-state index is 0.213. The molecule has 0 N–H and O–H groups in total. The number of hydrogen-bond acceptors (Lipinski definition) is 3. The van der Waals surface area contributed by atoms with Crippen LogP contribution in [-0.4, -0.2) is 19.2 Å². The highest BCUT2D eigenvalue weighted by molar-refractivity contribution is 6.14. The van der Waals surface area contributed by atoms with Gasteiger partial charge in [-0.3, -0.25) is 9.59 Å². The zero-order valence-corrected chi connectivity index (χ0v) is 9.92. The molecule has 2 aromatic carbocycles. The van der Waals surface area contributed by atoms with Gasteiger partial charge in [-0.05, 0) is 12.1 Å². The van der Waals surface area contributed by atoms with Gasteiger partial charge in [0, 0.05) is 11.1 Å². The highest BCUT2D eigenvalue weighted by atomic mass is 16.5. The van der Waals surface area contributed by atoms with Crippen molar-refractivity contribution in [3.63, 3.8) is 0 Å². The van der Waals surface area contributed by atoms with Crippen LogP contribution >= 0.6 is 0 Å². The average Bonchev–Trinajstić information content (AvgIpc) is 2.46. The standard InChI is InChI=1S/C15H12O3/c1-18-14-9-5-4-8-13(14)15(17)12-7-3-2-6-11(12)10-16/h2-10H,1H3. The molecular weight excluding hydrogens is 228 g/mol. The molecule has 0 unspecified atom stereocenters. The summed E-state index contributed by atoms with van der Waals surface area (Å²) < 4.78 is 5.15. The molecule has 2 aromatic rings. The molecule has 0 bridgehead atoms. The van der Waals surface area contributed by atoms with E-state index in [0.29, 0.717) is 28.7 Å². The molecule has 0 aliphatic carbocycles. The van der Waals surface area contributed by atoms with Gasteiger partial charge in [-0.15, -0.1) is 0 Å². The summed E-state index contributed by atoms with van der Waals surface area (Å²) >= 11 is 0. The number of rotatable bonds is 4. The predicted octanol–water partition coefficient (Wildman–Crippen LogP) is 2.74. The lowest BCUT2D eigenvalue weighted by atomic mass is 9.98. The van der Waals surface area contributed by atoms with E-state index in [2.05, 4.69) is 0 Å². The molecule has 0 aliphatic rings. The van der Waals surface area contributed by atoms with Crippen molar-refractivity contribution in [2.24, 2.45) is 0 Å². The molecule has 0 atom stereocenters. The number of methoxy groups -OCH3 is 1. The van der Waals surface area contributed by atoms with Crippen LogP contribution in [0.1, 0.15) is 26.3 Å². The van der Waals surface area contributed by atoms with Crippen LogP contribution in [0.3, 0.4) is 0 Å². The van der Waals surface area contributed by atoms with Crippen molar-refractivity contribution in [2.75, 3.05) is 7.11 Å². The van der Waals surface area contributed by atoms with E-state index < -0.39 is 0 Å². The zero-order chi connectivity index (χ0) is 13.0. The maximum atomic E-state index is 12.4. The van der Waals surface area contributed by atoms with Gasteiger partial charge < -0.3 is 4.74 Å². The van der Waals surface area contributed by atoms with Crippen molar-refractivity contribution >= 4 is 12.1 Å². The molecule has 0 aromatic heterocycles. The van der Waals surface area contributed by atoms with Gasteiger partial charge in [0.25, 0.3) is 0 Å². The molecule has 2 rings (SSSR count). The number of para-hydroxylation sites is 1. The van der Waals surface area contributed by atoms with E-state index in [9.17, 15) is 9.59 Å². The summed E-state index contributed by atoms with van der Waals surface area (Å²) in [6.07, 6.45) is 0.683. The fraction of sp³-hybridized carbons (Fsp3) is 0.0667. The lowest BCUT2D eigenvalue weighted by Gasteiger charge is -2.08. The Hall–Kier alpha value is -2.42. The first-order chi connectivity index (χ1) is 8.77. The third kappa shape index (κ3) is 2.15. The summed E-state index contributed by atoms with van der Waals surface area (Å²) in [6, 6.07) is 13.7. The Kier molecular flexibility index (Phi) is 3.53. The van der Waals surface area contributed by atoms with E-state index in [-0.39, 0.29) is 5.78 Å². The Morgan fingerprint density at radius 1 is 1.00 bits per heavy atom. The van der Waals surface area contributed by atoms with Crippen molar-refractivity contribution < 1.29 is 14.3 Å². The van der Waals surface area contributed by atoms with Gasteiger partial charge in [0.15, 0.2) is 12.1 Å². The Morgan fingerprint density at radius 2 is 1.61 bits per heavy atom. The maximum Gasteiger partial charge on any atom is 0.197 e. The second kappa shape index (κ2) is 5.27. The Balaban J connectivity index is 2.51. The molecule has 0 saturated carbocycles. The van der Waals surface area contributed by atoms with Gasteiger partial charge in [-0.1, -0.05) is 36.4 Å². The maximum absolute atomic E-state index is 12.4. The van der Waals surface area contributed by atoms with E-state index in [0.717, 1.165) is 0 Å². The Morgan fingerprint density at radius 3 is 2.28 bits per heavy atom. The Labute approximate surface area is 105 Å². The van der Waals surface area contributed by atoms with Crippen LogP contribution in [0.25, 0.3) is 0 Å². The monoisotopic (exact) mass is 240 g/mol. The third-order valence-corrected chi connectivity index (χ3v) is 2.68. The topological polar surface area (TPSA) is 43.4 Å². The van der Waals surface area contributed by atoms with Crippen molar-refractivity contribution in [2.45, 2.75) is 0 Å². The number of ether oxygens (including phenoxy) is 1. The molecule has 0 amide bonds. The molecule has 90 valence electrons. The van der Waals surface area contributed by atoms with Gasteiger partial charge in [0.1, 0.15) is 5.75 Å². The smallest absolute Gasteiger partial charge is 0.197 e. The normalized spacial score (nSPS) is 9.83. The summed E-state index contributed by atoms with van der Waals surface area (Å²) in [5, 5.41) is 0. The largest absolute Gasteiger partial charge is 0.496 e. The molecule has 0 fully saturated rings. The summed E-state index contributed by atoms with van der Waals surface area (Å²) in [5.74, 6) is 0.290. The van der Waals surface area contributed by atoms with Crippen molar-refractivity contribution in [1.29, 1.82) is 0 Å². The lowest BCUT2D eigenvalue weighted by Crippen LogP contribution is -2.06. The van der Waals surface area contributed by atoms with Crippen LogP contribution in [0, 0.1) is 0 Å². The minimum Gasteiger partial charge on any atom is -0.496 e. The van der Waals surface area contributed by atoms with Crippen LogP contribution in [0.15, 0.2) is 48.5 Å². The van der Waals surface area contributed by atoms with Gasteiger partial charge in [0.2, 0.25) is 0 Å². The fourth-order valence-electron chi connectivity index (χ4n) is 1.78. The molecule has 3 heteroatoms. The number of aldehydes is 1. The van der Waals surface area contributed by atoms with Crippen LogP contribution in [0.4, 0.5) is 0 Å². The third-order valence-electron chi connectivity index (χ3n) is 2.68. The number of ketones is 1. The summed E-state index contributed by atoms with van der Waals surface area (Å²) in [5.41, 5.74) is 1.22. The van der Waals surface area contributed by atoms with Crippen LogP contribution < -0.4 is 4.74 Å². The number of carbonyl (C=O) groups is 2. The first-order valence-corrected chi connectivity index (χ1v) is 5.50. The van der Waals surface area contributed by atoms with Crippen molar-refractivity contribution in [1.82, 2.24) is 0 Å². The molecule has 3 nitrogen and oxygen atoms in total. The van der Waals surface area contributed by atoms with E-state index in [1.165, 1.54) is 7.11 Å². The Bertz CT molecular complexity index is 588. The second-order valence-electron chi connectivity index (χ2n) is 3.73. The van der Waals surface area contributed by atoms with Gasteiger partial charge >= 0.3 is 0 Å². The summed E-state index contributed by atoms with van der Waals surface area (Å²) in [4.78, 5) is 23.3. The SMILES string of the molecule is COc1ccccc1C(=O)c1ccccc1C=O. The summed E-state index contributed by atoms with van der Waals surface area (Å²) in [7, 11) is 1.51. The van der Waals surface area contributed by atoms with Crippen LogP contribution in [0.2, 0.25) is 0 Å². The molecule has 0 radical (unpaired) electrons. The summed E-state index contributed by atoms with van der Waals surface area (Å²) in [6.45, 7) is 0. The lowest BCUT2D eigenvalue weighted by molar-refractivity contribution is 0.102.